The molecule has 0 spiro atoms. The summed E-state index contributed by atoms with van der Waals surface area (Å²) in [6.45, 7) is 3.83. The van der Waals surface area contributed by atoms with Crippen molar-refractivity contribution in [3.63, 3.8) is 0 Å². The van der Waals surface area contributed by atoms with Crippen molar-refractivity contribution in [3.8, 4) is 0 Å². The molecule has 0 saturated heterocycles. The van der Waals surface area contributed by atoms with Crippen molar-refractivity contribution in [1.29, 1.82) is 0 Å². The lowest BCUT2D eigenvalue weighted by Crippen LogP contribution is -2.28. The second-order valence-corrected chi connectivity index (χ2v) is 7.76. The molecule has 0 bridgehead atoms. The summed E-state index contributed by atoms with van der Waals surface area (Å²) in [5.41, 5.74) is 1.72. The largest absolute Gasteiger partial charge is 0.357 e. The van der Waals surface area contributed by atoms with Gasteiger partial charge in [-0.2, -0.15) is 10.2 Å². The number of nitrogens with one attached hydrogen (secondary N) is 2. The van der Waals surface area contributed by atoms with Crippen LogP contribution in [0.1, 0.15) is 18.2 Å². The van der Waals surface area contributed by atoms with Crippen molar-refractivity contribution >= 4 is 62.3 Å². The number of aryl methyl sites for hydroxylation is 1. The Hall–Kier alpha value is -1.61. The van der Waals surface area contributed by atoms with E-state index in [0.29, 0.717) is 34.1 Å². The Kier molecular flexibility index (Phi) is 6.75. The van der Waals surface area contributed by atoms with E-state index in [9.17, 15) is 0 Å². The van der Waals surface area contributed by atoms with Crippen molar-refractivity contribution < 1.29 is 0 Å². The SMILES string of the molecule is CCn1cc(Br)c(CNC(=S)Nc2ccn(Cc3c(Cl)cccc3Cl)n2)n1. The molecule has 1 aromatic carbocycles. The fourth-order valence-electron chi connectivity index (χ4n) is 2.41. The zero-order chi connectivity index (χ0) is 19.4. The van der Waals surface area contributed by atoms with Crippen molar-refractivity contribution in [3.05, 3.63) is 62.4 Å². The third-order valence-corrected chi connectivity index (χ3v) is 5.41. The fourth-order valence-corrected chi connectivity index (χ4v) is 3.55. The van der Waals surface area contributed by atoms with Gasteiger partial charge >= 0.3 is 0 Å². The number of nitrogens with zero attached hydrogens (tertiary/aromatic N) is 4. The van der Waals surface area contributed by atoms with Gasteiger partial charge in [-0.25, -0.2) is 0 Å². The average molecular weight is 488 g/mol. The quantitative estimate of drug-likeness (QED) is 0.493. The van der Waals surface area contributed by atoms with Gasteiger partial charge in [0.1, 0.15) is 0 Å². The zero-order valence-electron chi connectivity index (χ0n) is 14.4. The summed E-state index contributed by atoms with van der Waals surface area (Å²) in [4.78, 5) is 0. The van der Waals surface area contributed by atoms with Gasteiger partial charge in [0, 0.05) is 40.6 Å². The van der Waals surface area contributed by atoms with Crippen LogP contribution in [0.15, 0.2) is 41.1 Å². The van der Waals surface area contributed by atoms with Crippen LogP contribution in [0.4, 0.5) is 5.82 Å². The maximum atomic E-state index is 6.21. The number of thiocarbonyl (C=S) groups is 1. The van der Waals surface area contributed by atoms with Crippen molar-refractivity contribution in [1.82, 2.24) is 24.9 Å². The summed E-state index contributed by atoms with van der Waals surface area (Å²) < 4.78 is 4.55. The smallest absolute Gasteiger partial charge is 0.172 e. The maximum absolute atomic E-state index is 6.21. The number of benzene rings is 1. The number of halogens is 3. The predicted octanol–water partition coefficient (Wildman–Crippen LogP) is 4.70. The highest BCUT2D eigenvalue weighted by molar-refractivity contribution is 9.10. The molecule has 6 nitrogen and oxygen atoms in total. The second-order valence-electron chi connectivity index (χ2n) is 5.69. The molecule has 3 aromatic rings. The molecule has 3 rings (SSSR count). The van der Waals surface area contributed by atoms with Crippen LogP contribution in [-0.2, 0) is 19.6 Å². The molecule has 2 N–H and O–H groups in total. The van der Waals surface area contributed by atoms with Gasteiger partial charge in [0.15, 0.2) is 10.9 Å². The van der Waals surface area contributed by atoms with E-state index in [1.165, 1.54) is 0 Å². The Bertz CT molecular complexity index is 935. The van der Waals surface area contributed by atoms with Crippen molar-refractivity contribution in [2.24, 2.45) is 0 Å². The summed E-state index contributed by atoms with van der Waals surface area (Å²) in [7, 11) is 0. The Morgan fingerprint density at radius 3 is 2.59 bits per heavy atom. The molecule has 0 radical (unpaired) electrons. The van der Waals surface area contributed by atoms with Gasteiger partial charge in [-0.05, 0) is 47.2 Å². The van der Waals surface area contributed by atoms with E-state index in [4.69, 9.17) is 35.4 Å². The molecule has 2 aromatic heterocycles. The number of rotatable bonds is 6. The monoisotopic (exact) mass is 486 g/mol. The minimum atomic E-state index is 0.467. The first-order valence-electron chi connectivity index (χ1n) is 8.19. The van der Waals surface area contributed by atoms with E-state index in [2.05, 4.69) is 36.8 Å². The van der Waals surface area contributed by atoms with Gasteiger partial charge in [0.2, 0.25) is 0 Å². The second kappa shape index (κ2) is 9.05. The molecule has 0 atom stereocenters. The molecule has 0 aliphatic carbocycles. The van der Waals surface area contributed by atoms with Crippen molar-refractivity contribution in [2.45, 2.75) is 26.6 Å². The lowest BCUT2D eigenvalue weighted by atomic mass is 10.2. The number of aromatic nitrogens is 4. The standard InChI is InChI=1S/C17H17BrCl2N6S/c1-2-25-10-12(18)15(23-25)8-21-17(27)22-16-6-7-26(24-16)9-11-13(19)4-3-5-14(11)20/h3-7,10H,2,8-9H2,1H3,(H2,21,22,24,27). The van der Waals surface area contributed by atoms with E-state index in [0.717, 1.165) is 22.3 Å². The van der Waals surface area contributed by atoms with Crippen molar-refractivity contribution in [2.75, 3.05) is 5.32 Å². The molecule has 0 aliphatic heterocycles. The first-order valence-corrected chi connectivity index (χ1v) is 10.1. The highest BCUT2D eigenvalue weighted by Crippen LogP contribution is 2.25. The third kappa shape index (κ3) is 5.22. The molecule has 27 heavy (non-hydrogen) atoms. The topological polar surface area (TPSA) is 59.7 Å². The van der Waals surface area contributed by atoms with Gasteiger partial charge in [-0.3, -0.25) is 9.36 Å². The normalized spacial score (nSPS) is 10.8. The first-order chi connectivity index (χ1) is 13.0. The third-order valence-electron chi connectivity index (χ3n) is 3.79. The Balaban J connectivity index is 1.57. The van der Waals surface area contributed by atoms with Gasteiger partial charge in [0.05, 0.1) is 23.3 Å². The molecule has 10 heteroatoms. The number of hydrogen-bond acceptors (Lipinski definition) is 3. The first kappa shape index (κ1) is 20.1. The van der Waals surface area contributed by atoms with Crippen LogP contribution >= 0.6 is 51.3 Å². The fraction of sp³-hybridized carbons (Fsp3) is 0.235. The summed E-state index contributed by atoms with van der Waals surface area (Å²) >= 11 is 21.3. The van der Waals surface area contributed by atoms with Crippen LogP contribution in [0.25, 0.3) is 0 Å². The van der Waals surface area contributed by atoms with Gasteiger partial charge in [-0.1, -0.05) is 29.3 Å². The molecule has 2 heterocycles. The van der Waals surface area contributed by atoms with E-state index in [1.54, 1.807) is 4.68 Å². The minimum absolute atomic E-state index is 0.467. The molecule has 0 fully saturated rings. The predicted molar refractivity (Wildman–Crippen MR) is 116 cm³/mol. The molecule has 0 unspecified atom stereocenters. The Labute approximate surface area is 181 Å². The maximum Gasteiger partial charge on any atom is 0.172 e. The number of hydrogen-bond donors (Lipinski definition) is 2. The van der Waals surface area contributed by atoms with Crippen LogP contribution in [0.3, 0.4) is 0 Å². The van der Waals surface area contributed by atoms with Crippen LogP contribution in [0, 0.1) is 0 Å². The van der Waals surface area contributed by atoms with Gasteiger partial charge in [-0.15, -0.1) is 0 Å². The highest BCUT2D eigenvalue weighted by Gasteiger charge is 2.09. The lowest BCUT2D eigenvalue weighted by Gasteiger charge is -2.08. The molecular formula is C17H17BrCl2N6S. The summed E-state index contributed by atoms with van der Waals surface area (Å²) in [6, 6.07) is 7.27. The van der Waals surface area contributed by atoms with E-state index >= 15 is 0 Å². The Morgan fingerprint density at radius 2 is 1.93 bits per heavy atom. The van der Waals surface area contributed by atoms with Crippen LogP contribution in [0.2, 0.25) is 10.0 Å². The van der Waals surface area contributed by atoms with E-state index in [1.807, 2.05) is 48.3 Å². The summed E-state index contributed by atoms with van der Waals surface area (Å²) in [6.07, 6.45) is 3.78. The molecule has 142 valence electrons. The van der Waals surface area contributed by atoms with E-state index in [-0.39, 0.29) is 0 Å². The van der Waals surface area contributed by atoms with Gasteiger partial charge < -0.3 is 10.6 Å². The van der Waals surface area contributed by atoms with Gasteiger partial charge in [0.25, 0.3) is 0 Å². The molecule has 0 amide bonds. The minimum Gasteiger partial charge on any atom is -0.357 e. The summed E-state index contributed by atoms with van der Waals surface area (Å²) in [5.74, 6) is 0.633. The lowest BCUT2D eigenvalue weighted by molar-refractivity contribution is 0.643. The number of anilines is 1. The molecule has 0 saturated carbocycles. The van der Waals surface area contributed by atoms with Crippen LogP contribution in [0.5, 0.6) is 0 Å². The zero-order valence-corrected chi connectivity index (χ0v) is 18.3. The van der Waals surface area contributed by atoms with Crippen LogP contribution < -0.4 is 10.6 Å². The molecule has 0 aliphatic rings. The average Bonchev–Trinajstić information content (AvgIpc) is 3.22. The van der Waals surface area contributed by atoms with E-state index < -0.39 is 0 Å². The van der Waals surface area contributed by atoms with Crippen LogP contribution in [-0.4, -0.2) is 24.7 Å². The highest BCUT2D eigenvalue weighted by atomic mass is 79.9. The molecular weight excluding hydrogens is 471 g/mol. The Morgan fingerprint density at radius 1 is 1.19 bits per heavy atom. The summed E-state index contributed by atoms with van der Waals surface area (Å²) in [5, 5.41) is 16.8.